The molecule has 0 spiro atoms. The van der Waals surface area contributed by atoms with Gasteiger partial charge in [-0.15, -0.1) is 0 Å². The number of benzene rings is 1. The number of halogens is 2. The first-order valence-electron chi connectivity index (χ1n) is 5.35. The Morgan fingerprint density at radius 1 is 1.35 bits per heavy atom. The predicted molar refractivity (Wildman–Crippen MR) is 62.4 cm³/mol. The average Bonchev–Trinajstić information content (AvgIpc) is 2.27. The number of hydrogen-bond donors (Lipinski definition) is 2. The lowest BCUT2D eigenvalue weighted by molar-refractivity contribution is 0.517. The molecule has 0 heterocycles. The number of nitrogens with two attached hydrogens (primary N) is 1. The summed E-state index contributed by atoms with van der Waals surface area (Å²) in [7, 11) is 0. The highest BCUT2D eigenvalue weighted by Crippen LogP contribution is 2.22. The van der Waals surface area contributed by atoms with E-state index in [1.807, 2.05) is 13.8 Å². The van der Waals surface area contributed by atoms with E-state index in [2.05, 4.69) is 5.32 Å². The second kappa shape index (κ2) is 5.60. The van der Waals surface area contributed by atoms with Crippen molar-refractivity contribution in [2.75, 3.05) is 11.9 Å². The molecule has 1 rings (SSSR count). The number of hydrogen-bond acceptors (Lipinski definition) is 3. The lowest BCUT2D eigenvalue weighted by atomic mass is 10.0. The largest absolute Gasteiger partial charge is 0.376 e. The summed E-state index contributed by atoms with van der Waals surface area (Å²) in [5, 5.41) is 11.3. The molecule has 17 heavy (non-hydrogen) atoms. The second-order valence-corrected chi connectivity index (χ2v) is 4.16. The van der Waals surface area contributed by atoms with Crippen LogP contribution in [0.2, 0.25) is 0 Å². The van der Waals surface area contributed by atoms with Crippen molar-refractivity contribution >= 4 is 5.69 Å². The quantitative estimate of drug-likeness (QED) is 0.847. The molecule has 0 amide bonds. The normalized spacial score (nSPS) is 12.3. The summed E-state index contributed by atoms with van der Waals surface area (Å²) in [6, 6.07) is 3.48. The standard InChI is InChI=1S/C12H15F2N3/c1-7(2)11(6-16)17-12-9(13)3-8(5-15)4-10(12)14/h3-4,7,11,17H,6,16H2,1-2H3. The Morgan fingerprint density at radius 2 is 1.88 bits per heavy atom. The molecule has 0 aromatic heterocycles. The van der Waals surface area contributed by atoms with Gasteiger partial charge in [0.05, 0.1) is 11.6 Å². The van der Waals surface area contributed by atoms with Crippen molar-refractivity contribution in [1.82, 2.24) is 0 Å². The first kappa shape index (κ1) is 13.4. The third kappa shape index (κ3) is 3.14. The molecule has 0 saturated heterocycles. The van der Waals surface area contributed by atoms with Crippen molar-refractivity contribution in [3.8, 4) is 6.07 Å². The smallest absolute Gasteiger partial charge is 0.150 e. The van der Waals surface area contributed by atoms with Crippen LogP contribution in [0.4, 0.5) is 14.5 Å². The zero-order valence-electron chi connectivity index (χ0n) is 9.80. The summed E-state index contributed by atoms with van der Waals surface area (Å²) >= 11 is 0. The van der Waals surface area contributed by atoms with Gasteiger partial charge in [-0.25, -0.2) is 8.78 Å². The van der Waals surface area contributed by atoms with Crippen LogP contribution in [-0.4, -0.2) is 12.6 Å². The van der Waals surface area contributed by atoms with E-state index in [4.69, 9.17) is 11.0 Å². The summed E-state index contributed by atoms with van der Waals surface area (Å²) < 4.78 is 27.1. The third-order valence-corrected chi connectivity index (χ3v) is 2.56. The molecule has 3 N–H and O–H groups in total. The number of nitrogens with one attached hydrogen (secondary N) is 1. The molecule has 0 aliphatic carbocycles. The summed E-state index contributed by atoms with van der Waals surface area (Å²) in [6.07, 6.45) is 0. The third-order valence-electron chi connectivity index (χ3n) is 2.56. The number of anilines is 1. The van der Waals surface area contributed by atoms with Gasteiger partial charge in [0.15, 0.2) is 11.6 Å². The summed E-state index contributed by atoms with van der Waals surface area (Å²) in [4.78, 5) is 0. The highest BCUT2D eigenvalue weighted by atomic mass is 19.1. The van der Waals surface area contributed by atoms with Crippen molar-refractivity contribution in [3.05, 3.63) is 29.3 Å². The number of nitriles is 1. The van der Waals surface area contributed by atoms with E-state index in [1.165, 1.54) is 0 Å². The van der Waals surface area contributed by atoms with Crippen molar-refractivity contribution < 1.29 is 8.78 Å². The van der Waals surface area contributed by atoms with Crippen molar-refractivity contribution in [1.29, 1.82) is 5.26 Å². The molecule has 0 bridgehead atoms. The number of rotatable bonds is 4. The molecule has 1 aromatic rings. The van der Waals surface area contributed by atoms with Crippen LogP contribution in [0.5, 0.6) is 0 Å². The van der Waals surface area contributed by atoms with Crippen LogP contribution in [0, 0.1) is 28.9 Å². The van der Waals surface area contributed by atoms with E-state index in [0.717, 1.165) is 12.1 Å². The van der Waals surface area contributed by atoms with E-state index in [0.29, 0.717) is 0 Å². The zero-order valence-corrected chi connectivity index (χ0v) is 9.80. The van der Waals surface area contributed by atoms with E-state index in [-0.39, 0.29) is 29.8 Å². The molecule has 3 nitrogen and oxygen atoms in total. The average molecular weight is 239 g/mol. The Bertz CT molecular complexity index is 415. The minimum atomic E-state index is -0.777. The minimum absolute atomic E-state index is 0.0422. The van der Waals surface area contributed by atoms with Crippen molar-refractivity contribution in [2.45, 2.75) is 19.9 Å². The zero-order chi connectivity index (χ0) is 13.0. The van der Waals surface area contributed by atoms with Crippen LogP contribution in [0.1, 0.15) is 19.4 Å². The highest BCUT2D eigenvalue weighted by molar-refractivity contribution is 5.51. The summed E-state index contributed by atoms with van der Waals surface area (Å²) in [5.41, 5.74) is 5.25. The van der Waals surface area contributed by atoms with Gasteiger partial charge >= 0.3 is 0 Å². The monoisotopic (exact) mass is 239 g/mol. The van der Waals surface area contributed by atoms with Gasteiger partial charge in [0.25, 0.3) is 0 Å². The van der Waals surface area contributed by atoms with Gasteiger partial charge in [0.2, 0.25) is 0 Å². The van der Waals surface area contributed by atoms with Crippen molar-refractivity contribution in [2.24, 2.45) is 11.7 Å². The fourth-order valence-corrected chi connectivity index (χ4v) is 1.46. The van der Waals surface area contributed by atoms with E-state index in [1.54, 1.807) is 6.07 Å². The van der Waals surface area contributed by atoms with Crippen LogP contribution >= 0.6 is 0 Å². The first-order chi connectivity index (χ1) is 7.99. The Balaban J connectivity index is 3.03. The Hall–Kier alpha value is -1.67. The van der Waals surface area contributed by atoms with Crippen LogP contribution < -0.4 is 11.1 Å². The predicted octanol–water partition coefficient (Wildman–Crippen LogP) is 2.23. The van der Waals surface area contributed by atoms with E-state index < -0.39 is 11.6 Å². The molecule has 0 aliphatic rings. The van der Waals surface area contributed by atoms with Gasteiger partial charge in [-0.2, -0.15) is 5.26 Å². The molecular formula is C12H15F2N3. The Kier molecular flexibility index (Phi) is 4.41. The molecule has 92 valence electrons. The van der Waals surface area contributed by atoms with Gasteiger partial charge in [0.1, 0.15) is 5.69 Å². The number of nitrogens with zero attached hydrogens (tertiary/aromatic N) is 1. The van der Waals surface area contributed by atoms with Gasteiger partial charge < -0.3 is 11.1 Å². The van der Waals surface area contributed by atoms with E-state index >= 15 is 0 Å². The Morgan fingerprint density at radius 3 is 2.24 bits per heavy atom. The molecule has 5 heteroatoms. The minimum Gasteiger partial charge on any atom is -0.376 e. The summed E-state index contributed by atoms with van der Waals surface area (Å²) in [6.45, 7) is 4.09. The summed E-state index contributed by atoms with van der Waals surface area (Å²) in [5.74, 6) is -1.41. The van der Waals surface area contributed by atoms with E-state index in [9.17, 15) is 8.78 Å². The molecule has 0 radical (unpaired) electrons. The molecule has 1 atom stereocenters. The fourth-order valence-electron chi connectivity index (χ4n) is 1.46. The highest BCUT2D eigenvalue weighted by Gasteiger charge is 2.17. The van der Waals surface area contributed by atoms with Gasteiger partial charge in [-0.3, -0.25) is 0 Å². The van der Waals surface area contributed by atoms with Crippen molar-refractivity contribution in [3.63, 3.8) is 0 Å². The lowest BCUT2D eigenvalue weighted by Gasteiger charge is -2.22. The Labute approximate surface area is 99.2 Å². The van der Waals surface area contributed by atoms with Crippen LogP contribution in [0.3, 0.4) is 0 Å². The lowest BCUT2D eigenvalue weighted by Crippen LogP contribution is -2.34. The molecule has 1 unspecified atom stereocenters. The van der Waals surface area contributed by atoms with Crippen LogP contribution in [-0.2, 0) is 0 Å². The fraction of sp³-hybridized carbons (Fsp3) is 0.417. The maximum absolute atomic E-state index is 13.6. The molecular weight excluding hydrogens is 224 g/mol. The maximum atomic E-state index is 13.6. The van der Waals surface area contributed by atoms with Gasteiger partial charge in [-0.1, -0.05) is 13.8 Å². The topological polar surface area (TPSA) is 61.8 Å². The SMILES string of the molecule is CC(C)C(CN)Nc1c(F)cc(C#N)cc1F. The first-order valence-corrected chi connectivity index (χ1v) is 5.35. The molecule has 0 fully saturated rings. The maximum Gasteiger partial charge on any atom is 0.150 e. The molecule has 1 aromatic carbocycles. The van der Waals surface area contributed by atoms with Crippen LogP contribution in [0.15, 0.2) is 12.1 Å². The molecule has 0 saturated carbocycles. The van der Waals surface area contributed by atoms with Gasteiger partial charge in [-0.05, 0) is 18.1 Å². The van der Waals surface area contributed by atoms with Crippen LogP contribution in [0.25, 0.3) is 0 Å². The van der Waals surface area contributed by atoms with Gasteiger partial charge in [0, 0.05) is 12.6 Å². The second-order valence-electron chi connectivity index (χ2n) is 4.16. The molecule has 0 aliphatic heterocycles.